The molecule has 8 nitrogen and oxygen atoms in total. The molecule has 1 aliphatic rings. The number of benzene rings is 1. The third-order valence-corrected chi connectivity index (χ3v) is 5.48. The number of methoxy groups -OCH3 is 1. The van der Waals surface area contributed by atoms with Gasteiger partial charge in [0.25, 0.3) is 0 Å². The van der Waals surface area contributed by atoms with E-state index in [0.717, 1.165) is 55.1 Å². The first-order valence-corrected chi connectivity index (χ1v) is 9.78. The van der Waals surface area contributed by atoms with E-state index in [2.05, 4.69) is 26.7 Å². The van der Waals surface area contributed by atoms with Crippen molar-refractivity contribution >= 4 is 22.8 Å². The number of aryl methyl sites for hydroxylation is 1. The first-order chi connectivity index (χ1) is 14.1. The molecule has 0 unspecified atom stereocenters. The average molecular weight is 395 g/mol. The van der Waals surface area contributed by atoms with Crippen molar-refractivity contribution in [1.29, 1.82) is 0 Å². The van der Waals surface area contributed by atoms with Crippen molar-refractivity contribution in [3.63, 3.8) is 0 Å². The van der Waals surface area contributed by atoms with E-state index in [4.69, 9.17) is 4.74 Å². The highest BCUT2D eigenvalue weighted by Gasteiger charge is 2.22. The van der Waals surface area contributed by atoms with Crippen LogP contribution in [0.15, 0.2) is 36.8 Å². The molecule has 29 heavy (non-hydrogen) atoms. The molecule has 1 aromatic carbocycles. The molecule has 1 aliphatic heterocycles. The average Bonchev–Trinajstić information content (AvgIpc) is 3.11. The van der Waals surface area contributed by atoms with Crippen LogP contribution in [-0.2, 0) is 13.0 Å². The number of aromatic nitrogens is 3. The van der Waals surface area contributed by atoms with Gasteiger partial charge in [0.15, 0.2) is 0 Å². The van der Waals surface area contributed by atoms with Crippen LogP contribution in [0.4, 0.5) is 10.6 Å². The summed E-state index contributed by atoms with van der Waals surface area (Å²) >= 11 is 0. The Hall–Kier alpha value is -3.13. The van der Waals surface area contributed by atoms with Gasteiger partial charge in [0.05, 0.1) is 12.6 Å². The molecular weight excluding hydrogens is 370 g/mol. The van der Waals surface area contributed by atoms with Crippen LogP contribution in [0.2, 0.25) is 0 Å². The number of hydrogen-bond acceptors (Lipinski definition) is 6. The smallest absolute Gasteiger partial charge is 0.416 e. The van der Waals surface area contributed by atoms with E-state index in [0.29, 0.717) is 17.8 Å². The molecule has 0 bridgehead atoms. The van der Waals surface area contributed by atoms with Gasteiger partial charge in [-0.1, -0.05) is 6.92 Å². The summed E-state index contributed by atoms with van der Waals surface area (Å²) in [6.45, 7) is 6.09. The van der Waals surface area contributed by atoms with Gasteiger partial charge in [-0.2, -0.15) is 0 Å². The SMILES string of the molecule is CCc1cncnc1N1CCN(Cc2cc3ccc(OC)cc3n2C(=O)O)CC1. The molecule has 0 aliphatic carbocycles. The molecule has 0 radical (unpaired) electrons. The number of nitrogens with zero attached hydrogens (tertiary/aromatic N) is 5. The van der Waals surface area contributed by atoms with Crippen molar-refractivity contribution in [2.45, 2.75) is 19.9 Å². The Balaban J connectivity index is 1.51. The zero-order valence-electron chi connectivity index (χ0n) is 16.7. The summed E-state index contributed by atoms with van der Waals surface area (Å²) < 4.78 is 6.62. The van der Waals surface area contributed by atoms with E-state index in [1.165, 1.54) is 4.57 Å². The second-order valence-corrected chi connectivity index (χ2v) is 7.17. The molecule has 1 fully saturated rings. The molecule has 0 spiro atoms. The maximum atomic E-state index is 11.9. The van der Waals surface area contributed by atoms with Crippen molar-refractivity contribution in [1.82, 2.24) is 19.4 Å². The third kappa shape index (κ3) is 3.75. The second-order valence-electron chi connectivity index (χ2n) is 7.17. The lowest BCUT2D eigenvalue weighted by atomic mass is 10.2. The summed E-state index contributed by atoms with van der Waals surface area (Å²) in [5.41, 5.74) is 2.57. The number of carboxylic acid groups (broad SMARTS) is 1. The van der Waals surface area contributed by atoms with Gasteiger partial charge in [0.2, 0.25) is 0 Å². The summed E-state index contributed by atoms with van der Waals surface area (Å²) in [6, 6.07) is 7.47. The van der Waals surface area contributed by atoms with E-state index in [9.17, 15) is 9.90 Å². The number of piperazine rings is 1. The van der Waals surface area contributed by atoms with E-state index < -0.39 is 6.09 Å². The second kappa shape index (κ2) is 8.08. The molecular formula is C21H25N5O3. The summed E-state index contributed by atoms with van der Waals surface area (Å²) in [6.07, 6.45) is 3.41. The van der Waals surface area contributed by atoms with Gasteiger partial charge in [0, 0.05) is 61.6 Å². The fourth-order valence-electron chi connectivity index (χ4n) is 3.94. The van der Waals surface area contributed by atoms with Crippen molar-refractivity contribution in [2.24, 2.45) is 0 Å². The Bertz CT molecular complexity index is 1020. The van der Waals surface area contributed by atoms with Crippen LogP contribution in [0.25, 0.3) is 10.9 Å². The van der Waals surface area contributed by atoms with Crippen LogP contribution >= 0.6 is 0 Å². The highest BCUT2D eigenvalue weighted by atomic mass is 16.5. The zero-order chi connectivity index (χ0) is 20.4. The van der Waals surface area contributed by atoms with Crippen molar-refractivity contribution in [2.75, 3.05) is 38.2 Å². The Labute approximate surface area is 169 Å². The van der Waals surface area contributed by atoms with Crippen LogP contribution in [0.1, 0.15) is 18.2 Å². The van der Waals surface area contributed by atoms with Crippen LogP contribution < -0.4 is 9.64 Å². The number of ether oxygens (including phenoxy) is 1. The standard InChI is InChI=1S/C21H25N5O3/c1-3-15-12-22-14-23-20(15)25-8-6-24(7-9-25)13-17-10-16-4-5-18(29-2)11-19(16)26(17)21(27)28/h4-5,10-12,14H,3,6-9,13H2,1-2H3,(H,27,28). The van der Waals surface area contributed by atoms with Gasteiger partial charge in [-0.3, -0.25) is 4.90 Å². The predicted molar refractivity (Wildman–Crippen MR) is 111 cm³/mol. The maximum Gasteiger partial charge on any atom is 0.416 e. The topological polar surface area (TPSA) is 83.7 Å². The first kappa shape index (κ1) is 19.2. The molecule has 1 saturated heterocycles. The number of fused-ring (bicyclic) bond motifs is 1. The zero-order valence-corrected chi connectivity index (χ0v) is 16.7. The summed E-state index contributed by atoms with van der Waals surface area (Å²) in [5.74, 6) is 1.66. The molecule has 152 valence electrons. The quantitative estimate of drug-likeness (QED) is 0.711. The highest BCUT2D eigenvalue weighted by molar-refractivity contribution is 5.91. The van der Waals surface area contributed by atoms with E-state index in [1.807, 2.05) is 24.4 Å². The van der Waals surface area contributed by atoms with E-state index in [-0.39, 0.29) is 0 Å². The van der Waals surface area contributed by atoms with Crippen LogP contribution in [0.3, 0.4) is 0 Å². The van der Waals surface area contributed by atoms with Gasteiger partial charge < -0.3 is 14.7 Å². The maximum absolute atomic E-state index is 11.9. The van der Waals surface area contributed by atoms with Gasteiger partial charge in [-0.15, -0.1) is 0 Å². The number of carbonyl (C=O) groups is 1. The molecule has 3 aromatic rings. The minimum Gasteiger partial charge on any atom is -0.497 e. The van der Waals surface area contributed by atoms with Crippen molar-refractivity contribution in [3.05, 3.63) is 48.0 Å². The Morgan fingerprint density at radius 1 is 1.21 bits per heavy atom. The molecule has 0 amide bonds. The predicted octanol–water partition coefficient (Wildman–Crippen LogP) is 2.85. The third-order valence-electron chi connectivity index (χ3n) is 5.48. The lowest BCUT2D eigenvalue weighted by Crippen LogP contribution is -2.46. The molecule has 2 aromatic heterocycles. The van der Waals surface area contributed by atoms with Gasteiger partial charge in [-0.25, -0.2) is 19.3 Å². The first-order valence-electron chi connectivity index (χ1n) is 9.78. The van der Waals surface area contributed by atoms with E-state index >= 15 is 0 Å². The monoisotopic (exact) mass is 395 g/mol. The minimum atomic E-state index is -0.976. The Morgan fingerprint density at radius 2 is 2.00 bits per heavy atom. The fraction of sp³-hybridized carbons (Fsp3) is 0.381. The lowest BCUT2D eigenvalue weighted by Gasteiger charge is -2.36. The highest BCUT2D eigenvalue weighted by Crippen LogP contribution is 2.26. The van der Waals surface area contributed by atoms with Gasteiger partial charge in [0.1, 0.15) is 17.9 Å². The molecule has 4 rings (SSSR count). The lowest BCUT2D eigenvalue weighted by molar-refractivity contribution is 0.193. The summed E-state index contributed by atoms with van der Waals surface area (Å²) in [4.78, 5) is 25.1. The van der Waals surface area contributed by atoms with E-state index in [1.54, 1.807) is 19.5 Å². The van der Waals surface area contributed by atoms with Crippen LogP contribution in [0, 0.1) is 0 Å². The largest absolute Gasteiger partial charge is 0.497 e. The van der Waals surface area contributed by atoms with Crippen molar-refractivity contribution < 1.29 is 14.6 Å². The number of rotatable bonds is 5. The molecule has 0 saturated carbocycles. The normalized spacial score (nSPS) is 15.0. The molecule has 3 heterocycles. The van der Waals surface area contributed by atoms with Gasteiger partial charge >= 0.3 is 6.09 Å². The Kier molecular flexibility index (Phi) is 5.35. The summed E-state index contributed by atoms with van der Waals surface area (Å²) in [7, 11) is 1.58. The van der Waals surface area contributed by atoms with Crippen molar-refractivity contribution in [3.8, 4) is 5.75 Å². The fourth-order valence-corrected chi connectivity index (χ4v) is 3.94. The van der Waals surface area contributed by atoms with Crippen LogP contribution in [-0.4, -0.2) is 63.9 Å². The Morgan fingerprint density at radius 3 is 2.69 bits per heavy atom. The minimum absolute atomic E-state index is 0.585. The molecule has 0 atom stereocenters. The molecule has 1 N–H and O–H groups in total. The number of anilines is 1. The molecule has 8 heteroatoms. The summed E-state index contributed by atoms with van der Waals surface area (Å²) in [5, 5.41) is 10.7. The number of hydrogen-bond donors (Lipinski definition) is 1. The van der Waals surface area contributed by atoms with Gasteiger partial charge in [-0.05, 0) is 24.6 Å². The van der Waals surface area contributed by atoms with Crippen LogP contribution in [0.5, 0.6) is 5.75 Å².